The minimum atomic E-state index is -4.64. The molecule has 0 atom stereocenters. The van der Waals surface area contributed by atoms with Crippen LogP contribution in [0.3, 0.4) is 0 Å². The third-order valence-electron chi connectivity index (χ3n) is 0. The molecule has 0 aliphatic heterocycles. The Morgan fingerprint density at radius 3 is 1.25 bits per heavy atom. The zero-order valence-corrected chi connectivity index (χ0v) is 9.46. The van der Waals surface area contributed by atoms with E-state index < -0.39 is 7.82 Å². The first-order valence-corrected chi connectivity index (χ1v) is 2.35. The number of hydrogen-bond acceptors (Lipinski definition) is 1. The van der Waals surface area contributed by atoms with Crippen LogP contribution in [0.5, 0.6) is 0 Å². The standard InChI is InChI=1S/B.Mg.H3O4P.Zn.2H/c;;1-5(2,3)4;;;/h;;(H3,1,2,3,4);;;/q;+2;;;2*-1. The molecule has 0 spiro atoms. The summed E-state index contributed by atoms with van der Waals surface area (Å²) in [5, 5.41) is 0. The summed E-state index contributed by atoms with van der Waals surface area (Å²) in [5.74, 6) is 0. The quantitative estimate of drug-likeness (QED) is 0.330. The van der Waals surface area contributed by atoms with Crippen molar-refractivity contribution in [1.29, 1.82) is 0 Å². The van der Waals surface area contributed by atoms with Crippen molar-refractivity contribution in [3.63, 3.8) is 0 Å². The van der Waals surface area contributed by atoms with Crippen LogP contribution >= 0.6 is 7.82 Å². The topological polar surface area (TPSA) is 77.8 Å². The van der Waals surface area contributed by atoms with Crippen LogP contribution in [-0.4, -0.2) is 46.1 Å². The average Bonchev–Trinajstić information content (AvgIpc) is 0.722. The molecule has 0 saturated heterocycles. The molecule has 3 N–H and O–H groups in total. The summed E-state index contributed by atoms with van der Waals surface area (Å²) in [7, 11) is -4.64. The monoisotopic (exact) mass is 199 g/mol. The molecule has 0 rings (SSSR count). The number of rotatable bonds is 0. The van der Waals surface area contributed by atoms with Gasteiger partial charge in [-0.2, -0.15) is 0 Å². The first-order valence-electron chi connectivity index (χ1n) is 0.783. The summed E-state index contributed by atoms with van der Waals surface area (Å²) in [6.45, 7) is 0. The van der Waals surface area contributed by atoms with Crippen LogP contribution in [0.15, 0.2) is 0 Å². The second kappa shape index (κ2) is 8.56. The smallest absolute Gasteiger partial charge is 1.00 e. The molecule has 0 bridgehead atoms. The first kappa shape index (κ1) is 22.7. The van der Waals surface area contributed by atoms with Gasteiger partial charge in [0.05, 0.1) is 0 Å². The predicted molar refractivity (Wildman–Crippen MR) is 28.0 cm³/mol. The molecule has 0 aromatic heterocycles. The van der Waals surface area contributed by atoms with E-state index in [0.717, 1.165) is 0 Å². The van der Waals surface area contributed by atoms with Gasteiger partial charge in [0.15, 0.2) is 0 Å². The molecule has 0 unspecified atom stereocenters. The van der Waals surface area contributed by atoms with Gasteiger partial charge in [0.25, 0.3) is 0 Å². The van der Waals surface area contributed by atoms with Crippen molar-refractivity contribution in [3.8, 4) is 0 Å². The van der Waals surface area contributed by atoms with Gasteiger partial charge in [0, 0.05) is 27.9 Å². The third kappa shape index (κ3) is 133. The maximum absolute atomic E-state index is 8.88. The van der Waals surface area contributed by atoms with E-state index in [1.165, 1.54) is 0 Å². The van der Waals surface area contributed by atoms with E-state index in [0.29, 0.717) is 0 Å². The van der Waals surface area contributed by atoms with Crippen molar-refractivity contribution in [3.05, 3.63) is 0 Å². The molecule has 41 valence electrons. The van der Waals surface area contributed by atoms with Gasteiger partial charge < -0.3 is 17.5 Å². The van der Waals surface area contributed by atoms with Crippen LogP contribution in [0.25, 0.3) is 0 Å². The Hall–Kier alpha value is 1.56. The summed E-state index contributed by atoms with van der Waals surface area (Å²) in [5.41, 5.74) is 0. The Labute approximate surface area is 80.8 Å². The molecular weight excluding hydrogens is 195 g/mol. The normalized spacial score (nSPS) is 7.38. The maximum Gasteiger partial charge on any atom is 2.00 e. The Bertz CT molecular complexity index is 69.4. The molecule has 0 aliphatic carbocycles. The third-order valence-corrected chi connectivity index (χ3v) is 0. The molecule has 0 aromatic carbocycles. The fourth-order valence-electron chi connectivity index (χ4n) is 0. The van der Waals surface area contributed by atoms with E-state index >= 15 is 0 Å². The summed E-state index contributed by atoms with van der Waals surface area (Å²) in [4.78, 5) is 21.6. The van der Waals surface area contributed by atoms with E-state index in [-0.39, 0.29) is 53.8 Å². The van der Waals surface area contributed by atoms with E-state index in [1.54, 1.807) is 0 Å². The van der Waals surface area contributed by atoms with Crippen molar-refractivity contribution >= 4 is 39.3 Å². The molecule has 0 fully saturated rings. The zero-order chi connectivity index (χ0) is 4.50. The van der Waals surface area contributed by atoms with Crippen molar-refractivity contribution in [1.82, 2.24) is 0 Å². The van der Waals surface area contributed by atoms with Gasteiger partial charge >= 0.3 is 30.9 Å². The van der Waals surface area contributed by atoms with Crippen LogP contribution in [0.1, 0.15) is 2.85 Å². The van der Waals surface area contributed by atoms with Gasteiger partial charge in [0.1, 0.15) is 0 Å². The van der Waals surface area contributed by atoms with Gasteiger partial charge in [0.2, 0.25) is 0 Å². The fourth-order valence-corrected chi connectivity index (χ4v) is 0. The number of hydrogen-bond donors (Lipinski definition) is 3. The van der Waals surface area contributed by atoms with Gasteiger partial charge in [-0.15, -0.1) is 0 Å². The Morgan fingerprint density at radius 2 is 1.25 bits per heavy atom. The van der Waals surface area contributed by atoms with Crippen LogP contribution in [-0.2, 0) is 24.0 Å². The maximum atomic E-state index is 8.88. The second-order valence-electron chi connectivity index (χ2n) is 0.513. The molecule has 0 saturated carbocycles. The molecule has 0 aliphatic rings. The Morgan fingerprint density at radius 1 is 1.25 bits per heavy atom. The van der Waals surface area contributed by atoms with E-state index in [1.807, 2.05) is 0 Å². The molecule has 8 heteroatoms. The molecule has 0 heterocycles. The minimum Gasteiger partial charge on any atom is -1.00 e. The minimum absolute atomic E-state index is 0. The van der Waals surface area contributed by atoms with Crippen LogP contribution in [0.2, 0.25) is 0 Å². The van der Waals surface area contributed by atoms with Crippen molar-refractivity contribution in [2.24, 2.45) is 0 Å². The van der Waals surface area contributed by atoms with E-state index in [4.69, 9.17) is 19.2 Å². The molecule has 0 aromatic rings. The van der Waals surface area contributed by atoms with Crippen molar-refractivity contribution < 1.29 is 41.6 Å². The molecular formula is H5BMgO4PZn. The van der Waals surface area contributed by atoms with E-state index in [9.17, 15) is 0 Å². The molecule has 3 radical (unpaired) electrons. The largest absolute Gasteiger partial charge is 2.00 e. The number of phosphoric acid groups is 1. The molecule has 0 amide bonds. The van der Waals surface area contributed by atoms with Crippen molar-refractivity contribution in [2.75, 3.05) is 0 Å². The Balaban J connectivity index is -0.00000000800. The summed E-state index contributed by atoms with van der Waals surface area (Å²) < 4.78 is 8.88. The fraction of sp³-hybridized carbons (Fsp3) is 0. The summed E-state index contributed by atoms with van der Waals surface area (Å²) in [6, 6.07) is 0. The van der Waals surface area contributed by atoms with Gasteiger partial charge in [-0.3, -0.25) is 0 Å². The van der Waals surface area contributed by atoms with Gasteiger partial charge in [-0.25, -0.2) is 4.57 Å². The first-order chi connectivity index (χ1) is 2.00. The second-order valence-corrected chi connectivity index (χ2v) is 1.54. The summed E-state index contributed by atoms with van der Waals surface area (Å²) >= 11 is 0. The molecule has 4 nitrogen and oxygen atoms in total. The molecule has 8 heavy (non-hydrogen) atoms. The zero-order valence-electron chi connectivity index (χ0n) is 6.19. The van der Waals surface area contributed by atoms with E-state index in [2.05, 4.69) is 0 Å². The summed E-state index contributed by atoms with van der Waals surface area (Å²) in [6.07, 6.45) is 0. The van der Waals surface area contributed by atoms with Crippen LogP contribution < -0.4 is 0 Å². The predicted octanol–water partition coefficient (Wildman–Crippen LogP) is -1.47. The SMILES string of the molecule is O=P(O)(O)O.[B].[H-].[H-].[Mg+2].[Zn]. The van der Waals surface area contributed by atoms with Crippen molar-refractivity contribution in [2.45, 2.75) is 0 Å². The average molecular weight is 201 g/mol. The van der Waals surface area contributed by atoms with Crippen LogP contribution in [0, 0.1) is 0 Å². The van der Waals surface area contributed by atoms with Crippen LogP contribution in [0.4, 0.5) is 0 Å². The van der Waals surface area contributed by atoms with Gasteiger partial charge in [-0.05, 0) is 0 Å². The van der Waals surface area contributed by atoms with Gasteiger partial charge in [-0.1, -0.05) is 0 Å². The Kier molecular flexibility index (Phi) is 24.3.